The molecule has 3 rings (SSSR count). The molecule has 0 unspecified atom stereocenters. The van der Waals surface area contributed by atoms with Gasteiger partial charge in [-0.1, -0.05) is 19.3 Å². The van der Waals surface area contributed by atoms with Gasteiger partial charge in [-0.05, 0) is 68.6 Å². The molecule has 0 nitrogen and oxygen atoms in total. The summed E-state index contributed by atoms with van der Waals surface area (Å²) in [5, 5.41) is 0. The van der Waals surface area contributed by atoms with Crippen molar-refractivity contribution < 1.29 is 0 Å². The molecule has 0 atom stereocenters. The molecule has 3 aliphatic carbocycles. The first kappa shape index (κ1) is 9.24. The highest BCUT2D eigenvalue weighted by Crippen LogP contribution is 2.60. The third-order valence-electron chi connectivity index (χ3n) is 5.60. The van der Waals surface area contributed by atoms with Crippen LogP contribution in [0.15, 0.2) is 0 Å². The second-order valence-corrected chi connectivity index (χ2v) is 6.00. The first-order valence-electron chi connectivity index (χ1n) is 6.67. The van der Waals surface area contributed by atoms with Crippen LogP contribution in [0.5, 0.6) is 0 Å². The molecule has 0 bridgehead atoms. The number of hydrogen-bond acceptors (Lipinski definition) is 0. The van der Waals surface area contributed by atoms with E-state index >= 15 is 0 Å². The molecule has 0 spiro atoms. The maximum absolute atomic E-state index is 4.74. The minimum atomic E-state index is 0.536. The minimum absolute atomic E-state index is 0.536. The Balaban J connectivity index is 1.76. The fraction of sp³-hybridized carbons (Fsp3) is 0.929. The van der Waals surface area contributed by atoms with Crippen molar-refractivity contribution in [1.82, 2.24) is 0 Å². The van der Waals surface area contributed by atoms with E-state index < -0.39 is 0 Å². The Hall–Kier alpha value is 0. The number of rotatable bonds is 3. The Morgan fingerprint density at radius 2 is 0.929 bits per heavy atom. The van der Waals surface area contributed by atoms with Gasteiger partial charge in [-0.3, -0.25) is 0 Å². The standard InChI is InChI=1S/C14H23/c1-14(11-5-2-6-11,12-7-3-8-12)13-9-4-10-13/h11-13H,1-10H2. The van der Waals surface area contributed by atoms with E-state index in [4.69, 9.17) is 6.92 Å². The first-order chi connectivity index (χ1) is 6.82. The lowest BCUT2D eigenvalue weighted by Crippen LogP contribution is -2.49. The third kappa shape index (κ3) is 1.12. The van der Waals surface area contributed by atoms with E-state index in [9.17, 15) is 0 Å². The normalized spacial score (nSPS) is 30.6. The van der Waals surface area contributed by atoms with Crippen LogP contribution >= 0.6 is 0 Å². The van der Waals surface area contributed by atoms with E-state index in [1.54, 1.807) is 0 Å². The van der Waals surface area contributed by atoms with E-state index in [-0.39, 0.29) is 0 Å². The minimum Gasteiger partial charge on any atom is -0.0527 e. The van der Waals surface area contributed by atoms with Gasteiger partial charge in [-0.25, -0.2) is 0 Å². The molecule has 3 fully saturated rings. The van der Waals surface area contributed by atoms with Gasteiger partial charge in [0.15, 0.2) is 0 Å². The lowest BCUT2D eigenvalue weighted by Gasteiger charge is -2.58. The van der Waals surface area contributed by atoms with Crippen LogP contribution in [0.1, 0.15) is 57.8 Å². The summed E-state index contributed by atoms with van der Waals surface area (Å²) >= 11 is 0. The maximum atomic E-state index is 4.74. The molecule has 0 saturated heterocycles. The molecule has 79 valence electrons. The Labute approximate surface area is 88.5 Å². The summed E-state index contributed by atoms with van der Waals surface area (Å²) < 4.78 is 0. The SMILES string of the molecule is [CH2]C(C1CCC1)(C1CCC1)C1CCC1. The van der Waals surface area contributed by atoms with E-state index in [2.05, 4.69) is 0 Å². The summed E-state index contributed by atoms with van der Waals surface area (Å²) in [4.78, 5) is 0. The van der Waals surface area contributed by atoms with Crippen molar-refractivity contribution in [3.63, 3.8) is 0 Å². The molecule has 3 aliphatic rings. The highest BCUT2D eigenvalue weighted by atomic mass is 14.6. The molecule has 0 N–H and O–H groups in total. The average molecular weight is 191 g/mol. The zero-order valence-electron chi connectivity index (χ0n) is 9.30. The first-order valence-corrected chi connectivity index (χ1v) is 6.67. The lowest BCUT2D eigenvalue weighted by molar-refractivity contribution is -0.0579. The van der Waals surface area contributed by atoms with Gasteiger partial charge in [0.05, 0.1) is 0 Å². The molecule has 3 saturated carbocycles. The van der Waals surface area contributed by atoms with Crippen LogP contribution in [0.2, 0.25) is 0 Å². The highest BCUT2D eigenvalue weighted by Gasteiger charge is 2.51. The van der Waals surface area contributed by atoms with Crippen molar-refractivity contribution in [2.24, 2.45) is 23.2 Å². The van der Waals surface area contributed by atoms with Crippen LogP contribution in [-0.4, -0.2) is 0 Å². The van der Waals surface area contributed by atoms with Crippen molar-refractivity contribution in [3.05, 3.63) is 6.92 Å². The van der Waals surface area contributed by atoms with Crippen LogP contribution in [0.4, 0.5) is 0 Å². The van der Waals surface area contributed by atoms with Gasteiger partial charge in [0.25, 0.3) is 0 Å². The molecule has 0 heterocycles. The summed E-state index contributed by atoms with van der Waals surface area (Å²) in [6.45, 7) is 4.74. The van der Waals surface area contributed by atoms with E-state index in [0.29, 0.717) is 5.41 Å². The zero-order chi connectivity index (χ0) is 9.60. The van der Waals surface area contributed by atoms with Crippen LogP contribution in [0.3, 0.4) is 0 Å². The molecule has 0 amide bonds. The molecule has 0 aromatic rings. The molecule has 0 aliphatic heterocycles. The summed E-state index contributed by atoms with van der Waals surface area (Å²) in [5.74, 6) is 3.04. The predicted octanol–water partition coefficient (Wildman–Crippen LogP) is 4.21. The second kappa shape index (κ2) is 3.25. The van der Waals surface area contributed by atoms with Crippen molar-refractivity contribution in [2.45, 2.75) is 57.8 Å². The van der Waals surface area contributed by atoms with E-state index in [0.717, 1.165) is 17.8 Å². The van der Waals surface area contributed by atoms with E-state index in [1.165, 1.54) is 57.8 Å². The van der Waals surface area contributed by atoms with Gasteiger partial charge in [0.2, 0.25) is 0 Å². The van der Waals surface area contributed by atoms with Gasteiger partial charge < -0.3 is 0 Å². The summed E-state index contributed by atoms with van der Waals surface area (Å²) in [6.07, 6.45) is 13.4. The Kier molecular flexibility index (Phi) is 2.15. The fourth-order valence-electron chi connectivity index (χ4n) is 3.84. The maximum Gasteiger partial charge on any atom is -0.0212 e. The van der Waals surface area contributed by atoms with Gasteiger partial charge in [0, 0.05) is 0 Å². The average Bonchev–Trinajstić information content (AvgIpc) is 1.69. The van der Waals surface area contributed by atoms with Crippen molar-refractivity contribution in [1.29, 1.82) is 0 Å². The Morgan fingerprint density at radius 1 is 0.643 bits per heavy atom. The molecule has 1 radical (unpaired) electrons. The highest BCUT2D eigenvalue weighted by molar-refractivity contribution is 5.05. The van der Waals surface area contributed by atoms with Crippen LogP contribution in [-0.2, 0) is 0 Å². The molecule has 14 heavy (non-hydrogen) atoms. The van der Waals surface area contributed by atoms with Gasteiger partial charge >= 0.3 is 0 Å². The monoisotopic (exact) mass is 191 g/mol. The molecule has 0 heteroatoms. The smallest absolute Gasteiger partial charge is 0.0212 e. The van der Waals surface area contributed by atoms with Crippen LogP contribution < -0.4 is 0 Å². The quantitative estimate of drug-likeness (QED) is 0.627. The Morgan fingerprint density at radius 3 is 1.07 bits per heavy atom. The lowest BCUT2D eigenvalue weighted by atomic mass is 9.47. The molecular formula is C14H23. The molecular weight excluding hydrogens is 168 g/mol. The van der Waals surface area contributed by atoms with Gasteiger partial charge in [0.1, 0.15) is 0 Å². The largest absolute Gasteiger partial charge is 0.0527 e. The second-order valence-electron chi connectivity index (χ2n) is 6.00. The van der Waals surface area contributed by atoms with Crippen LogP contribution in [0, 0.1) is 30.1 Å². The van der Waals surface area contributed by atoms with E-state index in [1.807, 2.05) is 0 Å². The topological polar surface area (TPSA) is 0 Å². The zero-order valence-corrected chi connectivity index (χ0v) is 9.30. The van der Waals surface area contributed by atoms with Gasteiger partial charge in [-0.2, -0.15) is 0 Å². The third-order valence-corrected chi connectivity index (χ3v) is 5.60. The van der Waals surface area contributed by atoms with Crippen molar-refractivity contribution >= 4 is 0 Å². The van der Waals surface area contributed by atoms with Crippen molar-refractivity contribution in [3.8, 4) is 0 Å². The van der Waals surface area contributed by atoms with Crippen LogP contribution in [0.25, 0.3) is 0 Å². The summed E-state index contributed by atoms with van der Waals surface area (Å²) in [7, 11) is 0. The van der Waals surface area contributed by atoms with Crippen molar-refractivity contribution in [2.75, 3.05) is 0 Å². The predicted molar refractivity (Wildman–Crippen MR) is 59.8 cm³/mol. The Bertz CT molecular complexity index is 170. The summed E-state index contributed by atoms with van der Waals surface area (Å²) in [6, 6.07) is 0. The number of hydrogen-bond donors (Lipinski definition) is 0. The van der Waals surface area contributed by atoms with Gasteiger partial charge in [-0.15, -0.1) is 0 Å². The fourth-order valence-corrected chi connectivity index (χ4v) is 3.84. The molecule has 0 aromatic carbocycles. The summed E-state index contributed by atoms with van der Waals surface area (Å²) in [5.41, 5.74) is 0.536. The molecule has 0 aromatic heterocycles.